The van der Waals surface area contributed by atoms with Gasteiger partial charge < -0.3 is 9.47 Å². The van der Waals surface area contributed by atoms with Gasteiger partial charge in [0, 0.05) is 13.1 Å². The number of carbonyl (C=O) groups is 1. The van der Waals surface area contributed by atoms with Crippen LogP contribution in [-0.2, 0) is 14.3 Å². The molecule has 0 atom stereocenters. The van der Waals surface area contributed by atoms with Gasteiger partial charge >= 0.3 is 5.97 Å². The third-order valence-corrected chi connectivity index (χ3v) is 5.22. The van der Waals surface area contributed by atoms with Crippen LogP contribution >= 0.6 is 12.4 Å². The van der Waals surface area contributed by atoms with Crippen LogP contribution < -0.4 is 0 Å². The first-order valence-corrected chi connectivity index (χ1v) is 10.4. The van der Waals surface area contributed by atoms with E-state index >= 15 is 0 Å². The molecule has 2 aromatic rings. The normalized spacial score (nSPS) is 14.4. The average Bonchev–Trinajstić information content (AvgIpc) is 2.75. The molecule has 1 heterocycles. The second-order valence-corrected chi connectivity index (χ2v) is 7.29. The summed E-state index contributed by atoms with van der Waals surface area (Å²) in [5, 5.41) is 0. The molecule has 0 aromatic heterocycles. The van der Waals surface area contributed by atoms with E-state index in [4.69, 9.17) is 9.47 Å². The number of halogens is 1. The van der Waals surface area contributed by atoms with E-state index in [1.165, 1.54) is 12.8 Å². The smallest absolute Gasteiger partial charge is 0.317 e. The minimum atomic E-state index is -0.358. The lowest BCUT2D eigenvalue weighted by Crippen LogP contribution is -2.36. The Hall–Kier alpha value is -1.88. The third-order valence-electron chi connectivity index (χ3n) is 5.22. The first-order chi connectivity index (χ1) is 13.8. The van der Waals surface area contributed by atoms with E-state index in [1.807, 2.05) is 60.7 Å². The summed E-state index contributed by atoms with van der Waals surface area (Å²) < 4.78 is 11.0. The number of esters is 1. The fourth-order valence-corrected chi connectivity index (χ4v) is 3.63. The van der Waals surface area contributed by atoms with Crippen molar-refractivity contribution in [1.82, 2.24) is 4.90 Å². The number of carbonyl (C=O) groups excluding carboxylic acids is 1. The van der Waals surface area contributed by atoms with Gasteiger partial charge in [-0.3, -0.25) is 9.69 Å². The van der Waals surface area contributed by atoms with Gasteiger partial charge in [0.25, 0.3) is 0 Å². The molecule has 0 N–H and O–H groups in total. The summed E-state index contributed by atoms with van der Waals surface area (Å²) in [6, 6.07) is 19.8. The molecule has 1 aliphatic heterocycles. The molecule has 0 aliphatic carbocycles. The molecule has 0 unspecified atom stereocenters. The van der Waals surface area contributed by atoms with Crippen molar-refractivity contribution in [3.8, 4) is 0 Å². The molecule has 3 rings (SSSR count). The van der Waals surface area contributed by atoms with E-state index in [9.17, 15) is 4.79 Å². The van der Waals surface area contributed by atoms with Crippen LogP contribution in [0.4, 0.5) is 0 Å². The maximum Gasteiger partial charge on any atom is 0.317 e. The zero-order chi connectivity index (χ0) is 19.4. The molecule has 0 spiro atoms. The van der Waals surface area contributed by atoms with Gasteiger partial charge in [-0.2, -0.15) is 0 Å². The molecule has 0 bridgehead atoms. The highest BCUT2D eigenvalue weighted by Crippen LogP contribution is 2.26. The van der Waals surface area contributed by atoms with Crippen molar-refractivity contribution in [3.05, 3.63) is 71.8 Å². The number of unbranched alkanes of at least 4 members (excludes halogenated alkanes) is 3. The van der Waals surface area contributed by atoms with Gasteiger partial charge in [0.1, 0.15) is 5.92 Å². The highest BCUT2D eigenvalue weighted by Gasteiger charge is 2.23. The van der Waals surface area contributed by atoms with Gasteiger partial charge in [-0.25, -0.2) is 0 Å². The predicted octanol–water partition coefficient (Wildman–Crippen LogP) is 4.68. The molecule has 29 heavy (non-hydrogen) atoms. The van der Waals surface area contributed by atoms with Crippen LogP contribution in [0.25, 0.3) is 0 Å². The van der Waals surface area contributed by atoms with Crippen LogP contribution in [0.15, 0.2) is 60.7 Å². The number of hydrogen-bond acceptors (Lipinski definition) is 4. The lowest BCUT2D eigenvalue weighted by Gasteiger charge is -2.26. The van der Waals surface area contributed by atoms with Gasteiger partial charge in [0.2, 0.25) is 0 Å². The Kier molecular flexibility index (Phi) is 10.8. The molecule has 1 saturated heterocycles. The van der Waals surface area contributed by atoms with Crippen LogP contribution in [0.2, 0.25) is 0 Å². The topological polar surface area (TPSA) is 38.8 Å². The number of ether oxygens (including phenoxy) is 2. The highest BCUT2D eigenvalue weighted by molar-refractivity contribution is 5.85. The summed E-state index contributed by atoms with van der Waals surface area (Å²) in [7, 11) is 0. The van der Waals surface area contributed by atoms with Gasteiger partial charge in [0.15, 0.2) is 0 Å². The number of rotatable bonds is 10. The van der Waals surface area contributed by atoms with E-state index in [0.29, 0.717) is 6.61 Å². The monoisotopic (exact) mass is 417 g/mol. The van der Waals surface area contributed by atoms with E-state index in [1.54, 1.807) is 0 Å². The third kappa shape index (κ3) is 7.81. The number of morpholine rings is 1. The molecule has 5 heteroatoms. The van der Waals surface area contributed by atoms with Crippen molar-refractivity contribution in [2.75, 3.05) is 39.5 Å². The lowest BCUT2D eigenvalue weighted by atomic mass is 9.91. The van der Waals surface area contributed by atoms with Gasteiger partial charge in [-0.05, 0) is 30.5 Å². The molecular weight excluding hydrogens is 386 g/mol. The average molecular weight is 418 g/mol. The van der Waals surface area contributed by atoms with Gasteiger partial charge in [-0.15, -0.1) is 12.4 Å². The Morgan fingerprint density at radius 3 is 2.00 bits per heavy atom. The van der Waals surface area contributed by atoms with Gasteiger partial charge in [0.05, 0.1) is 19.8 Å². The van der Waals surface area contributed by atoms with E-state index in [2.05, 4.69) is 4.90 Å². The first-order valence-electron chi connectivity index (χ1n) is 10.4. The molecule has 158 valence electrons. The molecule has 0 saturated carbocycles. The number of benzene rings is 2. The fourth-order valence-electron chi connectivity index (χ4n) is 3.63. The summed E-state index contributed by atoms with van der Waals surface area (Å²) in [5.41, 5.74) is 1.95. The Morgan fingerprint density at radius 2 is 1.41 bits per heavy atom. The van der Waals surface area contributed by atoms with Crippen molar-refractivity contribution in [1.29, 1.82) is 0 Å². The molecular formula is C24H32ClNO3. The van der Waals surface area contributed by atoms with Crippen molar-refractivity contribution in [2.24, 2.45) is 0 Å². The van der Waals surface area contributed by atoms with Gasteiger partial charge in [-0.1, -0.05) is 73.5 Å². The summed E-state index contributed by atoms with van der Waals surface area (Å²) in [5.74, 6) is -0.519. The zero-order valence-corrected chi connectivity index (χ0v) is 17.8. The van der Waals surface area contributed by atoms with Crippen molar-refractivity contribution in [2.45, 2.75) is 31.6 Å². The number of hydrogen-bond donors (Lipinski definition) is 0. The molecule has 1 aliphatic rings. The predicted molar refractivity (Wildman–Crippen MR) is 119 cm³/mol. The molecule has 0 amide bonds. The van der Waals surface area contributed by atoms with E-state index in [0.717, 1.165) is 56.8 Å². The van der Waals surface area contributed by atoms with Crippen molar-refractivity contribution in [3.63, 3.8) is 0 Å². The number of nitrogens with zero attached hydrogens (tertiary/aromatic N) is 1. The Labute approximate surface area is 180 Å². The minimum absolute atomic E-state index is 0. The Bertz CT molecular complexity index is 650. The Balaban J connectivity index is 0.00000300. The molecule has 4 nitrogen and oxygen atoms in total. The second kappa shape index (κ2) is 13.4. The summed E-state index contributed by atoms with van der Waals surface area (Å²) >= 11 is 0. The standard InChI is InChI=1S/C24H31NO3.ClH/c26-24(28-18-10-2-1-9-15-25-16-19-27-20-17-25)23(21-11-5-3-6-12-21)22-13-7-4-8-14-22;/h3-8,11-14,23H,1-2,9-10,15-20H2;1H. The zero-order valence-electron chi connectivity index (χ0n) is 17.0. The Morgan fingerprint density at radius 1 is 0.862 bits per heavy atom. The SMILES string of the molecule is Cl.O=C(OCCCCCCN1CCOCC1)C(c1ccccc1)c1ccccc1. The van der Waals surface area contributed by atoms with Crippen LogP contribution in [-0.4, -0.2) is 50.3 Å². The lowest BCUT2D eigenvalue weighted by molar-refractivity contribution is -0.144. The quantitative estimate of drug-likeness (QED) is 0.415. The molecule has 2 aromatic carbocycles. The molecule has 1 fully saturated rings. The summed E-state index contributed by atoms with van der Waals surface area (Å²) in [6.07, 6.45) is 4.39. The summed E-state index contributed by atoms with van der Waals surface area (Å²) in [6.45, 7) is 5.47. The fraction of sp³-hybridized carbons (Fsp3) is 0.458. The maximum atomic E-state index is 12.8. The van der Waals surface area contributed by atoms with Crippen LogP contribution in [0.3, 0.4) is 0 Å². The summed E-state index contributed by atoms with van der Waals surface area (Å²) in [4.78, 5) is 15.3. The highest BCUT2D eigenvalue weighted by atomic mass is 35.5. The maximum absolute atomic E-state index is 12.8. The van der Waals surface area contributed by atoms with E-state index in [-0.39, 0.29) is 24.3 Å². The van der Waals surface area contributed by atoms with Crippen LogP contribution in [0.5, 0.6) is 0 Å². The van der Waals surface area contributed by atoms with E-state index < -0.39 is 0 Å². The second-order valence-electron chi connectivity index (χ2n) is 7.29. The molecule has 0 radical (unpaired) electrons. The van der Waals surface area contributed by atoms with Crippen molar-refractivity contribution >= 4 is 18.4 Å². The first kappa shape index (κ1) is 23.4. The van der Waals surface area contributed by atoms with Crippen LogP contribution in [0, 0.1) is 0 Å². The minimum Gasteiger partial charge on any atom is -0.465 e. The van der Waals surface area contributed by atoms with Crippen LogP contribution in [0.1, 0.15) is 42.7 Å². The largest absolute Gasteiger partial charge is 0.465 e. The van der Waals surface area contributed by atoms with Crippen molar-refractivity contribution < 1.29 is 14.3 Å².